The number of carboxylic acids is 1. The molecule has 0 radical (unpaired) electrons. The van der Waals surface area contributed by atoms with Crippen LogP contribution in [0.25, 0.3) is 0 Å². The molecule has 0 aliphatic heterocycles. The number of carboxylic acid groups (broad SMARTS) is 1. The highest BCUT2D eigenvalue weighted by Crippen LogP contribution is 2.05. The highest BCUT2D eigenvalue weighted by atomic mass is 32.2. The zero-order valence-electron chi connectivity index (χ0n) is 18.7. The van der Waals surface area contributed by atoms with Crippen molar-refractivity contribution in [3.63, 3.8) is 0 Å². The second kappa shape index (κ2) is 17.4. The Kier molecular flexibility index (Phi) is 16.4. The molecule has 10 N–H and O–H groups in total. The monoisotopic (exact) mass is 508 g/mol. The van der Waals surface area contributed by atoms with Crippen molar-refractivity contribution in [1.29, 1.82) is 0 Å². The van der Waals surface area contributed by atoms with Crippen molar-refractivity contribution in [2.75, 3.05) is 24.3 Å². The van der Waals surface area contributed by atoms with Gasteiger partial charge in [0.2, 0.25) is 23.6 Å². The molecule has 33 heavy (non-hydrogen) atoms. The molecule has 0 aromatic carbocycles. The van der Waals surface area contributed by atoms with E-state index in [2.05, 4.69) is 28.6 Å². The molecule has 0 heterocycles. The number of rotatable bonds is 18. The Balaban J connectivity index is 5.14. The van der Waals surface area contributed by atoms with E-state index in [1.807, 2.05) is 6.26 Å². The standard InChI is InChI=1S/C19H36N6O6S2/c1-33-9-7-12(17(28)24-13(19(30)31)5-6-15(22)26)23-18(29)14(10-32)25-16(27)11(21)4-2-3-8-20/h11-14,32H,2-10,20-21H2,1H3,(H2,22,26)(H,23,29)(H,24,28)(H,25,27)(H,30,31). The van der Waals surface area contributed by atoms with E-state index in [-0.39, 0.29) is 25.0 Å². The molecule has 12 nitrogen and oxygen atoms in total. The molecule has 0 rings (SSSR count). The summed E-state index contributed by atoms with van der Waals surface area (Å²) in [6.07, 6.45) is 3.42. The second-order valence-corrected chi connectivity index (χ2v) is 8.73. The number of primary amides is 1. The Morgan fingerprint density at radius 3 is 2.00 bits per heavy atom. The first-order chi connectivity index (χ1) is 15.6. The molecule has 0 aromatic heterocycles. The first-order valence-electron chi connectivity index (χ1n) is 10.5. The lowest BCUT2D eigenvalue weighted by molar-refractivity contribution is -0.142. The van der Waals surface area contributed by atoms with Gasteiger partial charge in [0.1, 0.15) is 18.1 Å². The van der Waals surface area contributed by atoms with Gasteiger partial charge in [-0.3, -0.25) is 19.2 Å². The third-order valence-corrected chi connectivity index (χ3v) is 5.67. The van der Waals surface area contributed by atoms with Crippen molar-refractivity contribution in [3.05, 3.63) is 0 Å². The van der Waals surface area contributed by atoms with Crippen LogP contribution in [0.4, 0.5) is 0 Å². The fourth-order valence-corrected chi connectivity index (χ4v) is 3.43. The summed E-state index contributed by atoms with van der Waals surface area (Å²) in [6, 6.07) is -4.26. The molecule has 0 bridgehead atoms. The number of hydrogen-bond acceptors (Lipinski definition) is 9. The van der Waals surface area contributed by atoms with Crippen LogP contribution < -0.4 is 33.2 Å². The van der Waals surface area contributed by atoms with Gasteiger partial charge in [-0.25, -0.2) is 4.79 Å². The Hall–Kier alpha value is -2.03. The lowest BCUT2D eigenvalue weighted by atomic mass is 10.1. The summed E-state index contributed by atoms with van der Waals surface area (Å²) in [5.74, 6) is -3.47. The SMILES string of the molecule is CSCCC(NC(=O)C(CS)NC(=O)C(N)CCCCN)C(=O)NC(CCC(N)=O)C(=O)O. The number of thiol groups is 1. The van der Waals surface area contributed by atoms with E-state index in [1.54, 1.807) is 0 Å². The van der Waals surface area contributed by atoms with Crippen molar-refractivity contribution in [2.45, 2.75) is 62.7 Å². The molecular weight excluding hydrogens is 472 g/mol. The van der Waals surface area contributed by atoms with Gasteiger partial charge in [-0.05, 0) is 44.2 Å². The minimum absolute atomic E-state index is 0.0413. The van der Waals surface area contributed by atoms with Gasteiger partial charge in [-0.2, -0.15) is 24.4 Å². The van der Waals surface area contributed by atoms with Crippen molar-refractivity contribution < 1.29 is 29.1 Å². The maximum absolute atomic E-state index is 12.7. The Morgan fingerprint density at radius 1 is 0.909 bits per heavy atom. The van der Waals surface area contributed by atoms with Gasteiger partial charge in [0.25, 0.3) is 0 Å². The maximum Gasteiger partial charge on any atom is 0.326 e. The van der Waals surface area contributed by atoms with Gasteiger partial charge in [0.15, 0.2) is 0 Å². The predicted molar refractivity (Wildman–Crippen MR) is 130 cm³/mol. The smallest absolute Gasteiger partial charge is 0.326 e. The molecule has 4 amide bonds. The minimum Gasteiger partial charge on any atom is -0.480 e. The van der Waals surface area contributed by atoms with Crippen LogP contribution in [0.2, 0.25) is 0 Å². The number of amides is 4. The molecule has 4 unspecified atom stereocenters. The Labute approximate surface area is 203 Å². The van der Waals surface area contributed by atoms with Crippen LogP contribution in [0, 0.1) is 0 Å². The number of carbonyl (C=O) groups excluding carboxylic acids is 4. The highest BCUT2D eigenvalue weighted by molar-refractivity contribution is 7.98. The van der Waals surface area contributed by atoms with E-state index in [0.29, 0.717) is 25.1 Å². The van der Waals surface area contributed by atoms with Crippen LogP contribution in [0.3, 0.4) is 0 Å². The molecule has 0 aromatic rings. The molecular formula is C19H36N6O6S2. The van der Waals surface area contributed by atoms with E-state index in [0.717, 1.165) is 6.42 Å². The van der Waals surface area contributed by atoms with Crippen molar-refractivity contribution in [1.82, 2.24) is 16.0 Å². The molecule has 0 aliphatic carbocycles. The topological polar surface area (TPSA) is 220 Å². The van der Waals surface area contributed by atoms with Gasteiger partial charge in [0.05, 0.1) is 6.04 Å². The first kappa shape index (κ1) is 31.0. The largest absolute Gasteiger partial charge is 0.480 e. The fraction of sp³-hybridized carbons (Fsp3) is 0.737. The average Bonchev–Trinajstić information content (AvgIpc) is 2.76. The number of aliphatic carboxylic acids is 1. The molecule has 0 fully saturated rings. The van der Waals surface area contributed by atoms with E-state index < -0.39 is 53.8 Å². The lowest BCUT2D eigenvalue weighted by Gasteiger charge is -2.24. The van der Waals surface area contributed by atoms with Gasteiger partial charge >= 0.3 is 5.97 Å². The Morgan fingerprint density at radius 2 is 1.48 bits per heavy atom. The summed E-state index contributed by atoms with van der Waals surface area (Å²) in [5.41, 5.74) is 16.3. The fourth-order valence-electron chi connectivity index (χ4n) is 2.71. The van der Waals surface area contributed by atoms with E-state index in [4.69, 9.17) is 17.2 Å². The summed E-state index contributed by atoms with van der Waals surface area (Å²) in [7, 11) is 0. The predicted octanol–water partition coefficient (Wildman–Crippen LogP) is -2.07. The molecule has 0 saturated carbocycles. The summed E-state index contributed by atoms with van der Waals surface area (Å²) in [4.78, 5) is 60.0. The minimum atomic E-state index is -1.34. The lowest BCUT2D eigenvalue weighted by Crippen LogP contribution is -2.57. The molecule has 0 saturated heterocycles. The van der Waals surface area contributed by atoms with Crippen molar-refractivity contribution >= 4 is 54.0 Å². The number of nitrogens with two attached hydrogens (primary N) is 3. The van der Waals surface area contributed by atoms with Gasteiger partial charge in [0, 0.05) is 12.2 Å². The van der Waals surface area contributed by atoms with E-state index in [1.165, 1.54) is 11.8 Å². The van der Waals surface area contributed by atoms with Crippen LogP contribution in [-0.4, -0.2) is 83.2 Å². The summed E-state index contributed by atoms with van der Waals surface area (Å²) in [6.45, 7) is 0.487. The maximum atomic E-state index is 12.7. The van der Waals surface area contributed by atoms with Gasteiger partial charge in [-0.15, -0.1) is 0 Å². The Bertz CT molecular complexity index is 669. The normalized spacial score (nSPS) is 14.4. The number of nitrogens with one attached hydrogen (secondary N) is 3. The summed E-state index contributed by atoms with van der Waals surface area (Å²) in [5, 5.41) is 16.7. The molecule has 190 valence electrons. The number of hydrogen-bond donors (Lipinski definition) is 8. The summed E-state index contributed by atoms with van der Waals surface area (Å²) >= 11 is 5.53. The number of unbranched alkanes of at least 4 members (excludes halogenated alkanes) is 1. The zero-order chi connectivity index (χ0) is 25.4. The molecule has 4 atom stereocenters. The summed E-state index contributed by atoms with van der Waals surface area (Å²) < 4.78 is 0. The number of carbonyl (C=O) groups is 5. The zero-order valence-corrected chi connectivity index (χ0v) is 20.5. The van der Waals surface area contributed by atoms with Crippen LogP contribution in [-0.2, 0) is 24.0 Å². The van der Waals surface area contributed by atoms with Crippen LogP contribution in [0.5, 0.6) is 0 Å². The molecule has 14 heteroatoms. The van der Waals surface area contributed by atoms with Crippen molar-refractivity contribution in [3.8, 4) is 0 Å². The second-order valence-electron chi connectivity index (χ2n) is 7.38. The van der Waals surface area contributed by atoms with Crippen LogP contribution in [0.1, 0.15) is 38.5 Å². The third kappa shape index (κ3) is 13.3. The van der Waals surface area contributed by atoms with Crippen LogP contribution in [0.15, 0.2) is 0 Å². The first-order valence-corrected chi connectivity index (χ1v) is 12.6. The van der Waals surface area contributed by atoms with Gasteiger partial charge < -0.3 is 38.3 Å². The highest BCUT2D eigenvalue weighted by Gasteiger charge is 2.29. The van der Waals surface area contributed by atoms with E-state index >= 15 is 0 Å². The number of thioether (sulfide) groups is 1. The molecule has 0 aliphatic rings. The van der Waals surface area contributed by atoms with Crippen molar-refractivity contribution in [2.24, 2.45) is 17.2 Å². The molecule has 0 spiro atoms. The van der Waals surface area contributed by atoms with Gasteiger partial charge in [-0.1, -0.05) is 6.42 Å². The average molecular weight is 509 g/mol. The van der Waals surface area contributed by atoms with Crippen LogP contribution >= 0.6 is 24.4 Å². The third-order valence-electron chi connectivity index (χ3n) is 4.66. The quantitative estimate of drug-likeness (QED) is 0.0751. The van der Waals surface area contributed by atoms with E-state index in [9.17, 15) is 29.1 Å².